The van der Waals surface area contributed by atoms with E-state index in [1.165, 1.54) is 28.0 Å². The van der Waals surface area contributed by atoms with E-state index in [0.717, 1.165) is 0 Å². The Morgan fingerprint density at radius 3 is 2.58 bits per heavy atom. The van der Waals surface area contributed by atoms with Crippen LogP contribution in [0.3, 0.4) is 0 Å². The number of carbonyl (C=O) groups excluding carboxylic acids is 1. The van der Waals surface area contributed by atoms with Gasteiger partial charge in [-0.25, -0.2) is 9.79 Å². The second-order valence-corrected chi connectivity index (χ2v) is 10.0. The zero-order chi connectivity index (χ0) is 28.6. The maximum absolute atomic E-state index is 13.8. The summed E-state index contributed by atoms with van der Waals surface area (Å²) in [5, 5.41) is 11.1. The van der Waals surface area contributed by atoms with Crippen LogP contribution >= 0.6 is 11.3 Å². The SMILES string of the molecule is CCOC(=O)C1=C(C)N=c2s/c(=C\c3ccc(-c4ccc([N+](=O)[O-])cc4C)o3)c(=O)n2C1c1ccc(OC)cc1. The average Bonchev–Trinajstić information content (AvgIpc) is 3.52. The van der Waals surface area contributed by atoms with Gasteiger partial charge in [-0.3, -0.25) is 19.5 Å². The number of thiazole rings is 1. The fourth-order valence-electron chi connectivity index (χ4n) is 4.64. The Bertz CT molecular complexity index is 1850. The minimum atomic E-state index is -0.738. The number of furan rings is 1. The molecule has 2 aromatic carbocycles. The van der Waals surface area contributed by atoms with Crippen LogP contribution in [0.15, 0.2) is 80.1 Å². The van der Waals surface area contributed by atoms with Crippen molar-refractivity contribution in [2.45, 2.75) is 26.8 Å². The number of methoxy groups -OCH3 is 1. The van der Waals surface area contributed by atoms with Gasteiger partial charge in [0.05, 0.1) is 40.5 Å². The zero-order valence-corrected chi connectivity index (χ0v) is 23.0. The molecule has 0 saturated heterocycles. The van der Waals surface area contributed by atoms with Gasteiger partial charge in [0.25, 0.3) is 11.2 Å². The van der Waals surface area contributed by atoms with E-state index in [9.17, 15) is 19.7 Å². The van der Waals surface area contributed by atoms with Crippen molar-refractivity contribution in [3.8, 4) is 17.1 Å². The number of hydrogen-bond donors (Lipinski definition) is 0. The number of carbonyl (C=O) groups is 1. The highest BCUT2D eigenvalue weighted by molar-refractivity contribution is 7.07. The van der Waals surface area contributed by atoms with Gasteiger partial charge in [0.15, 0.2) is 4.80 Å². The van der Waals surface area contributed by atoms with Crippen molar-refractivity contribution < 1.29 is 23.6 Å². The third-order valence-corrected chi connectivity index (χ3v) is 7.52. The number of non-ortho nitro benzene ring substituents is 1. The Hall–Kier alpha value is -4.77. The highest BCUT2D eigenvalue weighted by Crippen LogP contribution is 2.32. The van der Waals surface area contributed by atoms with Gasteiger partial charge in [0.2, 0.25) is 0 Å². The molecule has 204 valence electrons. The number of ether oxygens (including phenoxy) is 2. The molecule has 11 heteroatoms. The number of rotatable bonds is 7. The summed E-state index contributed by atoms with van der Waals surface area (Å²) in [4.78, 5) is 42.4. The molecule has 1 unspecified atom stereocenters. The Morgan fingerprint density at radius 1 is 1.18 bits per heavy atom. The van der Waals surface area contributed by atoms with Crippen molar-refractivity contribution in [2.75, 3.05) is 13.7 Å². The van der Waals surface area contributed by atoms with Gasteiger partial charge in [0.1, 0.15) is 17.3 Å². The van der Waals surface area contributed by atoms with Gasteiger partial charge in [-0.1, -0.05) is 23.5 Å². The fraction of sp³-hybridized carbons (Fsp3) is 0.207. The van der Waals surface area contributed by atoms with Gasteiger partial charge in [0, 0.05) is 23.8 Å². The largest absolute Gasteiger partial charge is 0.497 e. The number of esters is 1. The van der Waals surface area contributed by atoms with Crippen LogP contribution in [0.4, 0.5) is 5.69 Å². The lowest BCUT2D eigenvalue weighted by Gasteiger charge is -2.24. The van der Waals surface area contributed by atoms with Crippen LogP contribution in [0.1, 0.15) is 36.8 Å². The highest BCUT2D eigenvalue weighted by Gasteiger charge is 2.33. The number of nitrogens with zero attached hydrogens (tertiary/aromatic N) is 3. The number of hydrogen-bond acceptors (Lipinski definition) is 9. The first-order chi connectivity index (χ1) is 19.2. The number of benzene rings is 2. The van der Waals surface area contributed by atoms with Gasteiger partial charge in [-0.05, 0) is 62.2 Å². The summed E-state index contributed by atoms with van der Waals surface area (Å²) in [5.41, 5.74) is 2.54. The van der Waals surface area contributed by atoms with Crippen LogP contribution in [-0.2, 0) is 9.53 Å². The molecular weight excluding hydrogens is 534 g/mol. The number of fused-ring (bicyclic) bond motifs is 1. The molecule has 4 aromatic rings. The molecule has 0 aliphatic carbocycles. The Balaban J connectivity index is 1.60. The van der Waals surface area contributed by atoms with Crippen molar-refractivity contribution >= 4 is 29.1 Å². The van der Waals surface area contributed by atoms with Crippen molar-refractivity contribution in [1.29, 1.82) is 0 Å². The monoisotopic (exact) mass is 559 g/mol. The first-order valence-electron chi connectivity index (χ1n) is 12.4. The number of aryl methyl sites for hydroxylation is 1. The molecule has 0 bridgehead atoms. The molecule has 1 aliphatic heterocycles. The molecule has 0 fully saturated rings. The first kappa shape index (κ1) is 26.8. The van der Waals surface area contributed by atoms with E-state index in [1.54, 1.807) is 64.3 Å². The Morgan fingerprint density at radius 2 is 1.93 bits per heavy atom. The first-order valence-corrected chi connectivity index (χ1v) is 13.2. The van der Waals surface area contributed by atoms with E-state index >= 15 is 0 Å². The maximum atomic E-state index is 13.8. The van der Waals surface area contributed by atoms with E-state index in [4.69, 9.17) is 13.9 Å². The Kier molecular flexibility index (Phi) is 7.22. The van der Waals surface area contributed by atoms with Crippen LogP contribution in [-0.4, -0.2) is 29.2 Å². The van der Waals surface area contributed by atoms with E-state index in [2.05, 4.69) is 4.99 Å². The molecule has 0 radical (unpaired) electrons. The summed E-state index contributed by atoms with van der Waals surface area (Å²) in [6.45, 7) is 5.40. The summed E-state index contributed by atoms with van der Waals surface area (Å²) >= 11 is 1.19. The van der Waals surface area contributed by atoms with E-state index in [-0.39, 0.29) is 17.9 Å². The number of aromatic nitrogens is 1. The molecule has 1 aliphatic rings. The lowest BCUT2D eigenvalue weighted by molar-refractivity contribution is -0.384. The molecule has 0 spiro atoms. The fourth-order valence-corrected chi connectivity index (χ4v) is 5.66. The van der Waals surface area contributed by atoms with Crippen LogP contribution in [0.2, 0.25) is 0 Å². The van der Waals surface area contributed by atoms with Crippen LogP contribution in [0.5, 0.6) is 5.75 Å². The van der Waals surface area contributed by atoms with E-state index in [0.29, 0.717) is 54.6 Å². The predicted octanol–water partition coefficient (Wildman–Crippen LogP) is 4.28. The van der Waals surface area contributed by atoms with Crippen LogP contribution < -0.4 is 19.6 Å². The lowest BCUT2D eigenvalue weighted by atomic mass is 9.96. The summed E-state index contributed by atoms with van der Waals surface area (Å²) in [6.07, 6.45) is 1.63. The number of nitro groups is 1. The highest BCUT2D eigenvalue weighted by atomic mass is 32.1. The third-order valence-electron chi connectivity index (χ3n) is 6.53. The minimum Gasteiger partial charge on any atom is -0.497 e. The number of nitro benzene ring substituents is 1. The van der Waals surface area contributed by atoms with Crippen molar-refractivity contribution in [2.24, 2.45) is 4.99 Å². The molecular formula is C29H25N3O7S. The smallest absolute Gasteiger partial charge is 0.338 e. The average molecular weight is 560 g/mol. The van der Waals surface area contributed by atoms with Crippen molar-refractivity contribution in [3.05, 3.63) is 113 Å². The summed E-state index contributed by atoms with van der Waals surface area (Å²) in [5.74, 6) is 1.06. The van der Waals surface area contributed by atoms with Crippen molar-refractivity contribution in [3.63, 3.8) is 0 Å². The van der Waals surface area contributed by atoms with E-state index < -0.39 is 16.9 Å². The van der Waals surface area contributed by atoms with Crippen LogP contribution in [0, 0.1) is 17.0 Å². The normalized spacial score (nSPS) is 15.0. The van der Waals surface area contributed by atoms with Crippen LogP contribution in [0.25, 0.3) is 17.4 Å². The van der Waals surface area contributed by atoms with E-state index in [1.807, 2.05) is 12.1 Å². The molecule has 3 heterocycles. The topological polar surface area (TPSA) is 126 Å². The quantitative estimate of drug-likeness (QED) is 0.188. The second kappa shape index (κ2) is 10.8. The number of allylic oxidation sites excluding steroid dienone is 1. The summed E-state index contributed by atoms with van der Waals surface area (Å²) in [7, 11) is 1.56. The minimum absolute atomic E-state index is 0.00182. The molecule has 2 aromatic heterocycles. The molecule has 0 amide bonds. The second-order valence-electron chi connectivity index (χ2n) is 9.03. The predicted molar refractivity (Wildman–Crippen MR) is 149 cm³/mol. The maximum Gasteiger partial charge on any atom is 0.338 e. The summed E-state index contributed by atoms with van der Waals surface area (Å²) < 4.78 is 18.5. The molecule has 10 nitrogen and oxygen atoms in total. The third kappa shape index (κ3) is 4.87. The van der Waals surface area contributed by atoms with Gasteiger partial charge in [-0.2, -0.15) is 0 Å². The Labute approximate surface area is 232 Å². The summed E-state index contributed by atoms with van der Waals surface area (Å²) in [6, 6.07) is 14.4. The molecule has 0 N–H and O–H groups in total. The molecule has 5 rings (SSSR count). The van der Waals surface area contributed by atoms with Gasteiger partial charge < -0.3 is 13.9 Å². The molecule has 1 atom stereocenters. The zero-order valence-electron chi connectivity index (χ0n) is 22.2. The lowest BCUT2D eigenvalue weighted by Crippen LogP contribution is -2.39. The van der Waals surface area contributed by atoms with Gasteiger partial charge in [-0.15, -0.1) is 0 Å². The molecule has 0 saturated carbocycles. The van der Waals surface area contributed by atoms with Crippen molar-refractivity contribution in [1.82, 2.24) is 4.57 Å². The standard InChI is InChI=1S/C29H25N3O7S/c1-5-38-28(34)25-17(3)30-29-31(26(25)18-6-9-20(37-4)10-7-18)27(33)24(40-29)15-21-11-13-23(39-21)22-12-8-19(32(35)36)14-16(22)2/h6-15,26H,5H2,1-4H3/b24-15-. The van der Waals surface area contributed by atoms with Gasteiger partial charge >= 0.3 is 5.97 Å². The molecule has 40 heavy (non-hydrogen) atoms.